The van der Waals surface area contributed by atoms with Gasteiger partial charge in [0.25, 0.3) is 11.8 Å². The first-order valence-corrected chi connectivity index (χ1v) is 10.1. The maximum absolute atomic E-state index is 13.2. The number of nitrogens with zero attached hydrogens (tertiary/aromatic N) is 2. The molecule has 146 valence electrons. The number of hydrogen-bond donors (Lipinski definition) is 1. The molecule has 0 unspecified atom stereocenters. The lowest BCUT2D eigenvalue weighted by atomic mass is 10.2. The average molecular weight is 405 g/mol. The summed E-state index contributed by atoms with van der Waals surface area (Å²) in [6.45, 7) is 2.63. The molecule has 2 amide bonds. The minimum absolute atomic E-state index is 0.171. The summed E-state index contributed by atoms with van der Waals surface area (Å²) in [4.78, 5) is 32.4. The van der Waals surface area contributed by atoms with E-state index in [1.807, 2.05) is 54.8 Å². The van der Waals surface area contributed by atoms with Gasteiger partial charge in [-0.05, 0) is 42.1 Å². The number of anilines is 1. The fourth-order valence-corrected chi connectivity index (χ4v) is 3.90. The van der Waals surface area contributed by atoms with Gasteiger partial charge in [0.1, 0.15) is 11.4 Å². The van der Waals surface area contributed by atoms with Crippen molar-refractivity contribution < 1.29 is 14.3 Å². The smallest absolute Gasteiger partial charge is 0.278 e. The first kappa shape index (κ1) is 18.9. The molecule has 0 aliphatic carbocycles. The Hall–Kier alpha value is -3.45. The SMILES string of the molecule is CCOc1cccc(NC2=C(c3cccs3)C(=O)N(Cc3cccnc3)C2=O)c1. The molecule has 3 heterocycles. The van der Waals surface area contributed by atoms with Crippen LogP contribution in [-0.2, 0) is 16.1 Å². The normalized spacial score (nSPS) is 13.9. The molecule has 0 atom stereocenters. The number of rotatable bonds is 7. The topological polar surface area (TPSA) is 71.5 Å². The predicted molar refractivity (Wildman–Crippen MR) is 112 cm³/mol. The molecule has 0 radical (unpaired) electrons. The van der Waals surface area contributed by atoms with Gasteiger partial charge >= 0.3 is 0 Å². The Balaban J connectivity index is 1.69. The fraction of sp³-hybridized carbons (Fsp3) is 0.136. The number of pyridine rings is 1. The van der Waals surface area contributed by atoms with E-state index in [1.54, 1.807) is 18.5 Å². The Labute approximate surface area is 172 Å². The summed E-state index contributed by atoms with van der Waals surface area (Å²) in [5.74, 6) is 0.0218. The number of amides is 2. The molecule has 7 heteroatoms. The summed E-state index contributed by atoms with van der Waals surface area (Å²) >= 11 is 1.43. The molecule has 0 spiro atoms. The van der Waals surface area contributed by atoms with Gasteiger partial charge in [-0.25, -0.2) is 0 Å². The number of carbonyl (C=O) groups is 2. The van der Waals surface area contributed by atoms with Gasteiger partial charge in [0.05, 0.1) is 18.7 Å². The van der Waals surface area contributed by atoms with E-state index in [0.29, 0.717) is 23.6 Å². The molecule has 3 aromatic rings. The van der Waals surface area contributed by atoms with Crippen molar-refractivity contribution in [2.45, 2.75) is 13.5 Å². The summed E-state index contributed by atoms with van der Waals surface area (Å²) in [6.07, 6.45) is 3.31. The molecule has 29 heavy (non-hydrogen) atoms. The van der Waals surface area contributed by atoms with Gasteiger partial charge in [0.2, 0.25) is 0 Å². The van der Waals surface area contributed by atoms with E-state index in [1.165, 1.54) is 16.2 Å². The number of thiophene rings is 1. The molecule has 2 aromatic heterocycles. The van der Waals surface area contributed by atoms with Crippen LogP contribution in [0.3, 0.4) is 0 Å². The number of benzene rings is 1. The van der Waals surface area contributed by atoms with Crippen LogP contribution in [0.5, 0.6) is 5.75 Å². The summed E-state index contributed by atoms with van der Waals surface area (Å²) in [5.41, 5.74) is 2.13. The number of nitrogens with one attached hydrogen (secondary N) is 1. The highest BCUT2D eigenvalue weighted by Crippen LogP contribution is 2.34. The van der Waals surface area contributed by atoms with Crippen LogP contribution < -0.4 is 10.1 Å². The molecule has 0 saturated heterocycles. The van der Waals surface area contributed by atoms with Crippen molar-refractivity contribution in [3.8, 4) is 5.75 Å². The van der Waals surface area contributed by atoms with Crippen LogP contribution in [0, 0.1) is 0 Å². The Morgan fingerprint density at radius 3 is 2.72 bits per heavy atom. The van der Waals surface area contributed by atoms with Crippen LogP contribution in [0.15, 0.2) is 72.0 Å². The number of ether oxygens (including phenoxy) is 1. The summed E-state index contributed by atoms with van der Waals surface area (Å²) in [5, 5.41) is 5.04. The maximum atomic E-state index is 13.2. The van der Waals surface area contributed by atoms with Crippen molar-refractivity contribution in [2.24, 2.45) is 0 Å². The maximum Gasteiger partial charge on any atom is 0.278 e. The molecule has 4 rings (SSSR count). The third-order valence-corrected chi connectivity index (χ3v) is 5.30. The van der Waals surface area contributed by atoms with Crippen LogP contribution in [0.25, 0.3) is 5.57 Å². The fourth-order valence-electron chi connectivity index (χ4n) is 3.13. The minimum Gasteiger partial charge on any atom is -0.494 e. The lowest BCUT2D eigenvalue weighted by Crippen LogP contribution is -2.32. The van der Waals surface area contributed by atoms with Crippen molar-refractivity contribution in [1.29, 1.82) is 0 Å². The second-order valence-corrected chi connectivity index (χ2v) is 7.32. The quantitative estimate of drug-likeness (QED) is 0.603. The number of aromatic nitrogens is 1. The second-order valence-electron chi connectivity index (χ2n) is 6.37. The third kappa shape index (κ3) is 3.90. The van der Waals surface area contributed by atoms with Gasteiger partial charge in [-0.2, -0.15) is 0 Å². The monoisotopic (exact) mass is 405 g/mol. The van der Waals surface area contributed by atoms with Gasteiger partial charge in [0.15, 0.2) is 0 Å². The highest BCUT2D eigenvalue weighted by molar-refractivity contribution is 7.11. The van der Waals surface area contributed by atoms with E-state index in [9.17, 15) is 9.59 Å². The third-order valence-electron chi connectivity index (χ3n) is 4.41. The molecule has 0 saturated carbocycles. The van der Waals surface area contributed by atoms with E-state index in [2.05, 4.69) is 10.3 Å². The van der Waals surface area contributed by atoms with E-state index >= 15 is 0 Å². The van der Waals surface area contributed by atoms with Crippen LogP contribution in [0.4, 0.5) is 5.69 Å². The van der Waals surface area contributed by atoms with Crippen LogP contribution >= 0.6 is 11.3 Å². The Morgan fingerprint density at radius 2 is 2.00 bits per heavy atom. The molecule has 6 nitrogen and oxygen atoms in total. The molecule has 0 fully saturated rings. The van der Waals surface area contributed by atoms with E-state index < -0.39 is 0 Å². The van der Waals surface area contributed by atoms with Crippen molar-refractivity contribution in [1.82, 2.24) is 9.88 Å². The number of hydrogen-bond acceptors (Lipinski definition) is 6. The van der Waals surface area contributed by atoms with Crippen molar-refractivity contribution in [2.75, 3.05) is 11.9 Å². The van der Waals surface area contributed by atoms with Gasteiger partial charge in [-0.1, -0.05) is 18.2 Å². The Bertz CT molecular complexity index is 1060. The number of carbonyl (C=O) groups excluding carboxylic acids is 2. The van der Waals surface area contributed by atoms with Gasteiger partial charge in [-0.15, -0.1) is 11.3 Å². The zero-order valence-corrected chi connectivity index (χ0v) is 16.6. The van der Waals surface area contributed by atoms with E-state index in [4.69, 9.17) is 4.74 Å². The molecule has 1 aromatic carbocycles. The highest BCUT2D eigenvalue weighted by Gasteiger charge is 2.39. The van der Waals surface area contributed by atoms with Crippen LogP contribution in [0.2, 0.25) is 0 Å². The Morgan fingerprint density at radius 1 is 1.10 bits per heavy atom. The summed E-state index contributed by atoms with van der Waals surface area (Å²) in [6, 6.07) is 14.7. The molecule has 0 bridgehead atoms. The predicted octanol–water partition coefficient (Wildman–Crippen LogP) is 3.93. The minimum atomic E-state index is -0.357. The van der Waals surface area contributed by atoms with Crippen LogP contribution in [-0.4, -0.2) is 28.3 Å². The summed E-state index contributed by atoms with van der Waals surface area (Å²) < 4.78 is 5.53. The van der Waals surface area contributed by atoms with Gasteiger partial charge in [0, 0.05) is 29.0 Å². The van der Waals surface area contributed by atoms with Crippen molar-refractivity contribution >= 4 is 34.4 Å². The standard InChI is InChI=1S/C22H19N3O3S/c1-2-28-17-8-3-7-16(12-17)24-20-19(18-9-5-11-29-18)21(26)25(22(20)27)14-15-6-4-10-23-13-15/h3-13,24H,2,14H2,1H3. The summed E-state index contributed by atoms with van der Waals surface area (Å²) in [7, 11) is 0. The molecular formula is C22H19N3O3S. The highest BCUT2D eigenvalue weighted by atomic mass is 32.1. The molecular weight excluding hydrogens is 386 g/mol. The zero-order chi connectivity index (χ0) is 20.2. The average Bonchev–Trinajstić information content (AvgIpc) is 3.33. The first-order valence-electron chi connectivity index (χ1n) is 9.20. The van der Waals surface area contributed by atoms with E-state index in [0.717, 1.165) is 10.4 Å². The number of imide groups is 1. The Kier molecular flexibility index (Phi) is 5.39. The van der Waals surface area contributed by atoms with Crippen molar-refractivity contribution in [3.05, 3.63) is 82.4 Å². The van der Waals surface area contributed by atoms with Gasteiger partial charge in [-0.3, -0.25) is 19.5 Å². The lowest BCUT2D eigenvalue weighted by molar-refractivity contribution is -0.137. The van der Waals surface area contributed by atoms with Gasteiger partial charge < -0.3 is 10.1 Å². The first-order chi connectivity index (χ1) is 14.2. The van der Waals surface area contributed by atoms with Crippen LogP contribution in [0.1, 0.15) is 17.4 Å². The lowest BCUT2D eigenvalue weighted by Gasteiger charge is -2.15. The van der Waals surface area contributed by atoms with E-state index in [-0.39, 0.29) is 24.1 Å². The van der Waals surface area contributed by atoms with Crippen molar-refractivity contribution in [3.63, 3.8) is 0 Å². The zero-order valence-electron chi connectivity index (χ0n) is 15.8. The largest absolute Gasteiger partial charge is 0.494 e. The second kappa shape index (κ2) is 8.28. The molecule has 1 N–H and O–H groups in total. The molecule has 1 aliphatic heterocycles. The molecule has 1 aliphatic rings.